The van der Waals surface area contributed by atoms with Gasteiger partial charge in [0.05, 0.1) is 25.4 Å². The molecule has 16 heavy (non-hydrogen) atoms. The van der Waals surface area contributed by atoms with Gasteiger partial charge in [0.2, 0.25) is 0 Å². The van der Waals surface area contributed by atoms with Crippen molar-refractivity contribution in [3.63, 3.8) is 0 Å². The summed E-state index contributed by atoms with van der Waals surface area (Å²) in [5.41, 5.74) is 4.28. The van der Waals surface area contributed by atoms with Crippen LogP contribution >= 0.6 is 0 Å². The number of hydrogen-bond donors (Lipinski definition) is 0. The molecule has 3 heteroatoms. The lowest BCUT2D eigenvalue weighted by Crippen LogP contribution is -2.30. The highest BCUT2D eigenvalue weighted by Crippen LogP contribution is 2.20. The van der Waals surface area contributed by atoms with Crippen LogP contribution in [0.3, 0.4) is 0 Å². The second-order valence-electron chi connectivity index (χ2n) is 4.27. The van der Waals surface area contributed by atoms with Crippen LogP contribution in [-0.4, -0.2) is 43.4 Å². The predicted molar refractivity (Wildman–Crippen MR) is 60.9 cm³/mol. The maximum Gasteiger partial charge on any atom is 0.0984 e. The Balaban J connectivity index is 1.69. The summed E-state index contributed by atoms with van der Waals surface area (Å²) in [6.45, 7) is 3.72. The standard InChI is InChI=1S/C13H15NO2/c1-2-4-6-11(5-3-1)14(7-12-9-15-12)8-13-10-16-13/h1,3-6,12-13H,7-10H2. The molecule has 0 amide bonds. The van der Waals surface area contributed by atoms with Crippen LogP contribution in [0.1, 0.15) is 0 Å². The number of allylic oxidation sites excluding steroid dienone is 4. The van der Waals surface area contributed by atoms with Gasteiger partial charge >= 0.3 is 0 Å². The molecule has 2 unspecified atom stereocenters. The van der Waals surface area contributed by atoms with E-state index in [0.29, 0.717) is 12.2 Å². The first-order chi connectivity index (χ1) is 7.92. The number of ether oxygens (including phenoxy) is 2. The van der Waals surface area contributed by atoms with Crippen LogP contribution in [0.2, 0.25) is 0 Å². The summed E-state index contributed by atoms with van der Waals surface area (Å²) in [4.78, 5) is 2.34. The Labute approximate surface area is 95.3 Å². The molecular weight excluding hydrogens is 202 g/mol. The molecule has 2 saturated heterocycles. The Kier molecular flexibility index (Phi) is 2.66. The molecule has 2 atom stereocenters. The maximum absolute atomic E-state index is 5.30. The Bertz CT molecular complexity index is 369. The molecule has 84 valence electrons. The fraction of sp³-hybridized carbons (Fsp3) is 0.462. The van der Waals surface area contributed by atoms with E-state index in [1.165, 1.54) is 5.70 Å². The van der Waals surface area contributed by atoms with E-state index in [2.05, 4.69) is 22.8 Å². The van der Waals surface area contributed by atoms with Gasteiger partial charge in [-0.05, 0) is 24.3 Å². The Hall–Kier alpha value is -1.28. The lowest BCUT2D eigenvalue weighted by atomic mass is 10.2. The van der Waals surface area contributed by atoms with E-state index in [0.717, 1.165) is 26.3 Å². The number of epoxide rings is 2. The van der Waals surface area contributed by atoms with Crippen molar-refractivity contribution in [1.29, 1.82) is 0 Å². The molecule has 2 aliphatic heterocycles. The Morgan fingerprint density at radius 2 is 1.88 bits per heavy atom. The second kappa shape index (κ2) is 4.30. The number of nitrogens with zero attached hydrogens (tertiary/aromatic N) is 1. The van der Waals surface area contributed by atoms with Gasteiger partial charge in [-0.1, -0.05) is 6.08 Å². The fourth-order valence-electron chi connectivity index (χ4n) is 1.78. The summed E-state index contributed by atoms with van der Waals surface area (Å²) < 4.78 is 10.6. The first-order valence-corrected chi connectivity index (χ1v) is 5.69. The molecule has 3 rings (SSSR count). The molecule has 0 aromatic heterocycles. The van der Waals surface area contributed by atoms with Crippen molar-refractivity contribution in [2.24, 2.45) is 0 Å². The normalized spacial score (nSPS) is 29.9. The third kappa shape index (κ3) is 2.64. The predicted octanol–water partition coefficient (Wildman–Crippen LogP) is 1.25. The second-order valence-corrected chi connectivity index (χ2v) is 4.27. The van der Waals surface area contributed by atoms with Crippen LogP contribution in [0.4, 0.5) is 0 Å². The molecule has 0 saturated carbocycles. The molecule has 0 aromatic carbocycles. The molecule has 0 N–H and O–H groups in total. The highest BCUT2D eigenvalue weighted by Gasteiger charge is 2.31. The summed E-state index contributed by atoms with van der Waals surface area (Å²) in [6, 6.07) is 0. The molecule has 2 fully saturated rings. The van der Waals surface area contributed by atoms with Crippen molar-refractivity contribution in [1.82, 2.24) is 4.90 Å². The van der Waals surface area contributed by atoms with Crippen LogP contribution in [0.5, 0.6) is 0 Å². The zero-order valence-electron chi connectivity index (χ0n) is 9.13. The lowest BCUT2D eigenvalue weighted by Gasteiger charge is -2.23. The zero-order chi connectivity index (χ0) is 10.8. The summed E-state index contributed by atoms with van der Waals surface area (Å²) in [6.07, 6.45) is 10.9. The molecule has 3 aliphatic rings. The maximum atomic E-state index is 5.30. The van der Waals surface area contributed by atoms with Crippen molar-refractivity contribution in [3.05, 3.63) is 41.8 Å². The lowest BCUT2D eigenvalue weighted by molar-refractivity contribution is 0.268. The summed E-state index contributed by atoms with van der Waals surface area (Å²) in [7, 11) is 0. The van der Waals surface area contributed by atoms with Crippen molar-refractivity contribution >= 4 is 0 Å². The third-order valence-corrected chi connectivity index (χ3v) is 2.83. The van der Waals surface area contributed by atoms with Gasteiger partial charge < -0.3 is 14.4 Å². The largest absolute Gasteiger partial charge is 0.371 e. The highest BCUT2D eigenvalue weighted by atomic mass is 16.6. The highest BCUT2D eigenvalue weighted by molar-refractivity contribution is 5.29. The Morgan fingerprint density at radius 3 is 2.50 bits per heavy atom. The summed E-state index contributed by atoms with van der Waals surface area (Å²) in [5.74, 6) is 0. The molecule has 0 spiro atoms. The van der Waals surface area contributed by atoms with E-state index in [9.17, 15) is 0 Å². The van der Waals surface area contributed by atoms with Crippen LogP contribution < -0.4 is 0 Å². The van der Waals surface area contributed by atoms with E-state index < -0.39 is 0 Å². The van der Waals surface area contributed by atoms with E-state index in [1.54, 1.807) is 0 Å². The minimum Gasteiger partial charge on any atom is -0.371 e. The smallest absolute Gasteiger partial charge is 0.0984 e. The summed E-state index contributed by atoms with van der Waals surface area (Å²) >= 11 is 0. The van der Waals surface area contributed by atoms with Crippen LogP contribution in [0.15, 0.2) is 41.8 Å². The average molecular weight is 217 g/mol. The van der Waals surface area contributed by atoms with E-state index in [4.69, 9.17) is 9.47 Å². The van der Waals surface area contributed by atoms with E-state index in [1.807, 2.05) is 18.2 Å². The first kappa shape index (κ1) is 9.91. The molecule has 0 aromatic rings. The molecule has 3 nitrogen and oxygen atoms in total. The van der Waals surface area contributed by atoms with Gasteiger partial charge in [0.25, 0.3) is 0 Å². The zero-order valence-corrected chi connectivity index (χ0v) is 9.13. The van der Waals surface area contributed by atoms with Crippen molar-refractivity contribution in [2.45, 2.75) is 12.2 Å². The SMILES string of the molecule is C1=CC=CC(N(CC2CO2)CC2CO2)=CC=1. The van der Waals surface area contributed by atoms with Crippen LogP contribution in [0.25, 0.3) is 0 Å². The van der Waals surface area contributed by atoms with Gasteiger partial charge in [0.15, 0.2) is 0 Å². The quantitative estimate of drug-likeness (QED) is 0.512. The molecular formula is C13H15NO2. The van der Waals surface area contributed by atoms with Gasteiger partial charge in [0.1, 0.15) is 0 Å². The topological polar surface area (TPSA) is 28.3 Å². The van der Waals surface area contributed by atoms with Gasteiger partial charge in [0, 0.05) is 18.8 Å². The van der Waals surface area contributed by atoms with E-state index in [-0.39, 0.29) is 0 Å². The van der Waals surface area contributed by atoms with Crippen molar-refractivity contribution in [3.8, 4) is 0 Å². The minimum atomic E-state index is 0.410. The summed E-state index contributed by atoms with van der Waals surface area (Å²) in [5, 5.41) is 0. The third-order valence-electron chi connectivity index (χ3n) is 2.83. The number of hydrogen-bond acceptors (Lipinski definition) is 3. The molecule has 2 heterocycles. The molecule has 0 bridgehead atoms. The van der Waals surface area contributed by atoms with Crippen molar-refractivity contribution in [2.75, 3.05) is 26.3 Å². The van der Waals surface area contributed by atoms with Gasteiger partial charge in [-0.15, -0.1) is 5.73 Å². The molecule has 0 radical (unpaired) electrons. The van der Waals surface area contributed by atoms with Crippen LogP contribution in [-0.2, 0) is 9.47 Å². The minimum absolute atomic E-state index is 0.410. The average Bonchev–Trinajstić information content (AvgIpc) is 3.15. The molecule has 1 aliphatic carbocycles. The fourth-order valence-corrected chi connectivity index (χ4v) is 1.78. The van der Waals surface area contributed by atoms with Gasteiger partial charge in [-0.3, -0.25) is 0 Å². The van der Waals surface area contributed by atoms with Gasteiger partial charge in [-0.2, -0.15) is 0 Å². The first-order valence-electron chi connectivity index (χ1n) is 5.69. The van der Waals surface area contributed by atoms with Crippen molar-refractivity contribution < 1.29 is 9.47 Å². The van der Waals surface area contributed by atoms with Gasteiger partial charge in [-0.25, -0.2) is 0 Å². The van der Waals surface area contributed by atoms with E-state index >= 15 is 0 Å². The monoisotopic (exact) mass is 217 g/mol. The van der Waals surface area contributed by atoms with Crippen LogP contribution in [0, 0.1) is 0 Å². The Morgan fingerprint density at radius 1 is 1.19 bits per heavy atom. The number of rotatable bonds is 5.